The van der Waals surface area contributed by atoms with Crippen molar-refractivity contribution < 1.29 is 4.39 Å². The van der Waals surface area contributed by atoms with E-state index in [1.165, 1.54) is 5.56 Å². The van der Waals surface area contributed by atoms with Crippen LogP contribution in [0.1, 0.15) is 17.2 Å². The molecule has 3 heteroatoms. The molecule has 1 atom stereocenters. The predicted octanol–water partition coefficient (Wildman–Crippen LogP) is 2.61. The van der Waals surface area contributed by atoms with E-state index in [9.17, 15) is 4.39 Å². The molecule has 13 heavy (non-hydrogen) atoms. The molecule has 1 aromatic carbocycles. The fourth-order valence-electron chi connectivity index (χ4n) is 1.75. The molecule has 0 spiro atoms. The number of fused-ring (bicyclic) bond motifs is 1. The molecule has 0 saturated carbocycles. The summed E-state index contributed by atoms with van der Waals surface area (Å²) in [5, 5.41) is 3.16. The third kappa shape index (κ3) is 1.76. The lowest BCUT2D eigenvalue weighted by Gasteiger charge is -2.24. The first-order valence-corrected chi connectivity index (χ1v) is 5.18. The van der Waals surface area contributed by atoms with E-state index in [0.29, 0.717) is 0 Å². The van der Waals surface area contributed by atoms with Crippen LogP contribution in [0, 0.1) is 0 Å². The maximum absolute atomic E-state index is 12.6. The zero-order valence-electron chi connectivity index (χ0n) is 7.19. The van der Waals surface area contributed by atoms with Crippen LogP contribution < -0.4 is 5.32 Å². The van der Waals surface area contributed by atoms with Gasteiger partial charge in [0.1, 0.15) is 6.67 Å². The van der Waals surface area contributed by atoms with Gasteiger partial charge in [0, 0.05) is 4.47 Å². The second kappa shape index (κ2) is 3.76. The van der Waals surface area contributed by atoms with Crippen LogP contribution in [0.2, 0.25) is 0 Å². The van der Waals surface area contributed by atoms with Gasteiger partial charge in [0.2, 0.25) is 0 Å². The molecule has 0 aromatic heterocycles. The standard InChI is InChI=1S/C10H11BrFN/c11-8-2-1-7-3-4-13-10(6-12)9(7)5-8/h1-2,5,10,13H,3-4,6H2. The molecular weight excluding hydrogens is 233 g/mol. The summed E-state index contributed by atoms with van der Waals surface area (Å²) in [6, 6.07) is 5.98. The first-order chi connectivity index (χ1) is 6.31. The lowest BCUT2D eigenvalue weighted by Crippen LogP contribution is -2.30. The van der Waals surface area contributed by atoms with Gasteiger partial charge in [-0.05, 0) is 36.2 Å². The summed E-state index contributed by atoms with van der Waals surface area (Å²) in [6.07, 6.45) is 0.999. The molecule has 0 amide bonds. The molecule has 1 unspecified atom stereocenters. The average Bonchev–Trinajstić information content (AvgIpc) is 2.17. The summed E-state index contributed by atoms with van der Waals surface area (Å²) in [5.74, 6) is 0. The van der Waals surface area contributed by atoms with E-state index >= 15 is 0 Å². The van der Waals surface area contributed by atoms with Gasteiger partial charge < -0.3 is 5.32 Å². The Morgan fingerprint density at radius 3 is 3.15 bits per heavy atom. The maximum Gasteiger partial charge on any atom is 0.109 e. The lowest BCUT2D eigenvalue weighted by molar-refractivity contribution is 0.371. The van der Waals surface area contributed by atoms with Gasteiger partial charge in [-0.25, -0.2) is 4.39 Å². The van der Waals surface area contributed by atoms with Crippen LogP contribution >= 0.6 is 15.9 Å². The van der Waals surface area contributed by atoms with Gasteiger partial charge in [-0.15, -0.1) is 0 Å². The predicted molar refractivity (Wildman–Crippen MR) is 54.6 cm³/mol. The summed E-state index contributed by atoms with van der Waals surface area (Å²) >= 11 is 3.40. The molecule has 0 aliphatic carbocycles. The van der Waals surface area contributed by atoms with Crippen molar-refractivity contribution in [3.8, 4) is 0 Å². The first-order valence-electron chi connectivity index (χ1n) is 4.39. The fourth-order valence-corrected chi connectivity index (χ4v) is 2.13. The lowest BCUT2D eigenvalue weighted by atomic mass is 9.95. The summed E-state index contributed by atoms with van der Waals surface area (Å²) in [5.41, 5.74) is 2.37. The van der Waals surface area contributed by atoms with Crippen molar-refractivity contribution in [1.82, 2.24) is 5.32 Å². The van der Waals surface area contributed by atoms with Crippen LogP contribution in [0.15, 0.2) is 22.7 Å². The third-order valence-electron chi connectivity index (χ3n) is 2.42. The Morgan fingerprint density at radius 1 is 1.54 bits per heavy atom. The summed E-state index contributed by atoms with van der Waals surface area (Å²) in [6.45, 7) is 0.548. The van der Waals surface area contributed by atoms with Crippen molar-refractivity contribution >= 4 is 15.9 Å². The van der Waals surface area contributed by atoms with E-state index in [2.05, 4.69) is 27.3 Å². The van der Waals surface area contributed by atoms with E-state index in [1.54, 1.807) is 0 Å². The number of hydrogen-bond donors (Lipinski definition) is 1. The van der Waals surface area contributed by atoms with Crippen molar-refractivity contribution in [2.24, 2.45) is 0 Å². The van der Waals surface area contributed by atoms with Crippen molar-refractivity contribution in [1.29, 1.82) is 0 Å². The van der Waals surface area contributed by atoms with Gasteiger partial charge in [0.25, 0.3) is 0 Å². The maximum atomic E-state index is 12.6. The molecule has 1 aromatic rings. The van der Waals surface area contributed by atoms with Crippen LogP contribution in [0.25, 0.3) is 0 Å². The first kappa shape index (κ1) is 9.16. The quantitative estimate of drug-likeness (QED) is 0.800. The number of nitrogens with one attached hydrogen (secondary N) is 1. The summed E-state index contributed by atoms with van der Waals surface area (Å²) in [7, 11) is 0. The largest absolute Gasteiger partial charge is 0.307 e. The van der Waals surface area contributed by atoms with Crippen LogP contribution in [0.4, 0.5) is 4.39 Å². The van der Waals surface area contributed by atoms with Crippen LogP contribution in [0.3, 0.4) is 0 Å². The topological polar surface area (TPSA) is 12.0 Å². The Morgan fingerprint density at radius 2 is 2.38 bits per heavy atom. The van der Waals surface area contributed by atoms with Crippen molar-refractivity contribution in [3.05, 3.63) is 33.8 Å². The minimum Gasteiger partial charge on any atom is -0.307 e. The van der Waals surface area contributed by atoms with Gasteiger partial charge in [-0.1, -0.05) is 22.0 Å². The van der Waals surface area contributed by atoms with Gasteiger partial charge in [-0.3, -0.25) is 0 Å². The number of rotatable bonds is 1. The van der Waals surface area contributed by atoms with Crippen molar-refractivity contribution in [2.75, 3.05) is 13.2 Å². The average molecular weight is 244 g/mol. The van der Waals surface area contributed by atoms with E-state index in [-0.39, 0.29) is 12.7 Å². The highest BCUT2D eigenvalue weighted by Gasteiger charge is 2.18. The smallest absolute Gasteiger partial charge is 0.109 e. The van der Waals surface area contributed by atoms with Crippen molar-refractivity contribution in [3.63, 3.8) is 0 Å². The number of benzene rings is 1. The summed E-state index contributed by atoms with van der Waals surface area (Å²) < 4.78 is 13.6. The number of halogens is 2. The molecule has 1 N–H and O–H groups in total. The molecule has 0 bridgehead atoms. The molecule has 1 heterocycles. The SMILES string of the molecule is FCC1NCCc2ccc(Br)cc21. The van der Waals surface area contributed by atoms with E-state index in [0.717, 1.165) is 23.0 Å². The Hall–Kier alpha value is -0.410. The summed E-state index contributed by atoms with van der Waals surface area (Å²) in [4.78, 5) is 0. The molecule has 1 nitrogen and oxygen atoms in total. The Bertz CT molecular complexity index is 314. The zero-order chi connectivity index (χ0) is 9.26. The van der Waals surface area contributed by atoms with Gasteiger partial charge in [0.15, 0.2) is 0 Å². The Kier molecular flexibility index (Phi) is 2.65. The zero-order valence-corrected chi connectivity index (χ0v) is 8.77. The fraction of sp³-hybridized carbons (Fsp3) is 0.400. The van der Waals surface area contributed by atoms with Gasteiger partial charge >= 0.3 is 0 Å². The van der Waals surface area contributed by atoms with Crippen LogP contribution in [-0.4, -0.2) is 13.2 Å². The highest BCUT2D eigenvalue weighted by atomic mass is 79.9. The molecule has 70 valence electrons. The molecule has 0 fully saturated rings. The number of hydrogen-bond acceptors (Lipinski definition) is 1. The second-order valence-electron chi connectivity index (χ2n) is 3.25. The normalized spacial score (nSPS) is 21.2. The monoisotopic (exact) mass is 243 g/mol. The van der Waals surface area contributed by atoms with Crippen molar-refractivity contribution in [2.45, 2.75) is 12.5 Å². The molecule has 1 aliphatic heterocycles. The Labute approximate surface area is 85.5 Å². The van der Waals surface area contributed by atoms with Gasteiger partial charge in [-0.2, -0.15) is 0 Å². The molecule has 2 rings (SSSR count). The number of alkyl halides is 1. The van der Waals surface area contributed by atoms with E-state index in [1.807, 2.05) is 12.1 Å². The Balaban J connectivity index is 2.41. The molecular formula is C10H11BrFN. The third-order valence-corrected chi connectivity index (χ3v) is 2.92. The molecule has 0 radical (unpaired) electrons. The second-order valence-corrected chi connectivity index (χ2v) is 4.17. The highest BCUT2D eigenvalue weighted by molar-refractivity contribution is 9.10. The van der Waals surface area contributed by atoms with E-state index < -0.39 is 0 Å². The highest BCUT2D eigenvalue weighted by Crippen LogP contribution is 2.26. The molecule has 0 saturated heterocycles. The van der Waals surface area contributed by atoms with Gasteiger partial charge in [0.05, 0.1) is 6.04 Å². The minimum absolute atomic E-state index is 0.110. The van der Waals surface area contributed by atoms with Crippen LogP contribution in [0.5, 0.6) is 0 Å². The van der Waals surface area contributed by atoms with E-state index in [4.69, 9.17) is 0 Å². The molecule has 1 aliphatic rings. The van der Waals surface area contributed by atoms with Crippen LogP contribution in [-0.2, 0) is 6.42 Å². The minimum atomic E-state index is -0.330.